The molecule has 0 heterocycles. The topological polar surface area (TPSA) is 20.2 Å². The highest BCUT2D eigenvalue weighted by molar-refractivity contribution is 5.36. The van der Waals surface area contributed by atoms with Crippen molar-refractivity contribution >= 4 is 0 Å². The Morgan fingerprint density at radius 3 is 2.60 bits per heavy atom. The van der Waals surface area contributed by atoms with Crippen molar-refractivity contribution in [1.82, 2.24) is 0 Å². The van der Waals surface area contributed by atoms with Gasteiger partial charge in [0.05, 0.1) is 0 Å². The molecule has 0 bridgehead atoms. The van der Waals surface area contributed by atoms with E-state index in [1.54, 1.807) is 25.1 Å². The zero-order chi connectivity index (χ0) is 14.1. The van der Waals surface area contributed by atoms with Crippen molar-refractivity contribution in [1.29, 1.82) is 0 Å². The van der Waals surface area contributed by atoms with Crippen LogP contribution in [0, 0.1) is 12.7 Å². The predicted octanol–water partition coefficient (Wildman–Crippen LogP) is 4.48. The zero-order valence-corrected chi connectivity index (χ0v) is 11.6. The molecule has 1 aliphatic carbocycles. The summed E-state index contributed by atoms with van der Waals surface area (Å²) in [6, 6.07) is 13.1. The molecular weight excluding hydrogens is 251 g/mol. The summed E-state index contributed by atoms with van der Waals surface area (Å²) in [7, 11) is 0. The van der Waals surface area contributed by atoms with Gasteiger partial charge < -0.3 is 5.11 Å². The van der Waals surface area contributed by atoms with Crippen molar-refractivity contribution in [3.8, 4) is 0 Å². The average molecular weight is 270 g/mol. The molecule has 0 aromatic heterocycles. The first-order valence-corrected chi connectivity index (χ1v) is 7.20. The van der Waals surface area contributed by atoms with Crippen LogP contribution >= 0.6 is 0 Å². The summed E-state index contributed by atoms with van der Waals surface area (Å²) in [6.45, 7) is 1.72. The van der Waals surface area contributed by atoms with Crippen LogP contribution in [0.1, 0.15) is 53.5 Å². The summed E-state index contributed by atoms with van der Waals surface area (Å²) in [5.41, 5.74) is 2.97. The minimum Gasteiger partial charge on any atom is -0.384 e. The molecule has 0 radical (unpaired) electrons. The molecule has 1 saturated carbocycles. The smallest absolute Gasteiger partial charge is 0.132 e. The van der Waals surface area contributed by atoms with Gasteiger partial charge in [0.1, 0.15) is 11.9 Å². The molecule has 20 heavy (non-hydrogen) atoms. The van der Waals surface area contributed by atoms with Crippen LogP contribution in [0.25, 0.3) is 0 Å². The third kappa shape index (κ3) is 2.36. The second kappa shape index (κ2) is 5.37. The minimum atomic E-state index is -0.894. The monoisotopic (exact) mass is 270 g/mol. The molecule has 1 fully saturated rings. The second-order valence-corrected chi connectivity index (χ2v) is 5.68. The first-order chi connectivity index (χ1) is 9.66. The van der Waals surface area contributed by atoms with Crippen molar-refractivity contribution in [3.63, 3.8) is 0 Å². The molecule has 0 saturated heterocycles. The first kappa shape index (κ1) is 13.3. The Morgan fingerprint density at radius 2 is 1.90 bits per heavy atom. The molecule has 1 unspecified atom stereocenters. The molecule has 1 aliphatic rings. The van der Waals surface area contributed by atoms with E-state index in [9.17, 15) is 9.50 Å². The van der Waals surface area contributed by atoms with Crippen molar-refractivity contribution in [2.75, 3.05) is 0 Å². The summed E-state index contributed by atoms with van der Waals surface area (Å²) in [6.07, 6.45) is 2.83. The molecule has 1 N–H and O–H groups in total. The summed E-state index contributed by atoms with van der Waals surface area (Å²) in [5.74, 6) is 0.304. The Kier molecular flexibility index (Phi) is 3.58. The Labute approximate surface area is 119 Å². The Balaban J connectivity index is 1.93. The molecule has 2 aromatic rings. The molecule has 0 spiro atoms. The van der Waals surface area contributed by atoms with E-state index in [0.29, 0.717) is 17.0 Å². The maximum absolute atomic E-state index is 14.1. The average Bonchev–Trinajstić information content (AvgIpc) is 2.40. The SMILES string of the molecule is Cc1cccc(C(O)c2cccc(C3CCC3)c2)c1F. The van der Waals surface area contributed by atoms with E-state index in [4.69, 9.17) is 0 Å². The Bertz CT molecular complexity index is 617. The van der Waals surface area contributed by atoms with Gasteiger partial charge in [-0.1, -0.05) is 48.9 Å². The van der Waals surface area contributed by atoms with E-state index in [2.05, 4.69) is 6.07 Å². The van der Waals surface area contributed by atoms with Crippen LogP contribution in [0.2, 0.25) is 0 Å². The third-order valence-electron chi connectivity index (χ3n) is 4.32. The van der Waals surface area contributed by atoms with E-state index in [-0.39, 0.29) is 5.82 Å². The molecule has 1 atom stereocenters. The number of halogens is 1. The van der Waals surface area contributed by atoms with Gasteiger partial charge in [-0.25, -0.2) is 4.39 Å². The van der Waals surface area contributed by atoms with E-state index < -0.39 is 6.10 Å². The van der Waals surface area contributed by atoms with E-state index >= 15 is 0 Å². The van der Waals surface area contributed by atoms with Gasteiger partial charge in [0.15, 0.2) is 0 Å². The number of hydrogen-bond donors (Lipinski definition) is 1. The molecular formula is C18H19FO. The standard InChI is InChI=1S/C18H19FO/c1-12-5-2-10-16(17(12)19)18(20)15-9-4-8-14(11-15)13-6-3-7-13/h2,4-5,8-11,13,18,20H,3,6-7H2,1H3. The molecule has 104 valence electrons. The molecule has 0 aliphatic heterocycles. The van der Waals surface area contributed by atoms with Crippen molar-refractivity contribution in [2.24, 2.45) is 0 Å². The lowest BCUT2D eigenvalue weighted by Crippen LogP contribution is -2.10. The predicted molar refractivity (Wildman–Crippen MR) is 78.2 cm³/mol. The maximum atomic E-state index is 14.1. The van der Waals surface area contributed by atoms with Crippen molar-refractivity contribution in [2.45, 2.75) is 38.2 Å². The van der Waals surface area contributed by atoms with Gasteiger partial charge in [0.25, 0.3) is 0 Å². The quantitative estimate of drug-likeness (QED) is 0.871. The fraction of sp³-hybridized carbons (Fsp3) is 0.333. The van der Waals surface area contributed by atoms with Gasteiger partial charge in [-0.3, -0.25) is 0 Å². The zero-order valence-electron chi connectivity index (χ0n) is 11.6. The molecule has 2 heteroatoms. The number of rotatable bonds is 3. The first-order valence-electron chi connectivity index (χ1n) is 7.20. The number of benzene rings is 2. The van der Waals surface area contributed by atoms with Gasteiger partial charge >= 0.3 is 0 Å². The number of aryl methyl sites for hydroxylation is 1. The molecule has 0 amide bonds. The molecule has 2 aromatic carbocycles. The molecule has 3 rings (SSSR count). The van der Waals surface area contributed by atoms with Crippen LogP contribution in [-0.4, -0.2) is 5.11 Å². The van der Waals surface area contributed by atoms with Crippen LogP contribution in [0.4, 0.5) is 4.39 Å². The normalized spacial score (nSPS) is 16.8. The highest BCUT2D eigenvalue weighted by atomic mass is 19.1. The number of aliphatic hydroxyl groups excluding tert-OH is 1. The maximum Gasteiger partial charge on any atom is 0.132 e. The molecule has 1 nitrogen and oxygen atoms in total. The Morgan fingerprint density at radius 1 is 1.15 bits per heavy atom. The number of hydrogen-bond acceptors (Lipinski definition) is 1. The van der Waals surface area contributed by atoms with Crippen LogP contribution in [0.5, 0.6) is 0 Å². The van der Waals surface area contributed by atoms with Gasteiger partial charge in [-0.15, -0.1) is 0 Å². The largest absolute Gasteiger partial charge is 0.384 e. The number of aliphatic hydroxyl groups is 1. The van der Waals surface area contributed by atoms with Crippen molar-refractivity contribution < 1.29 is 9.50 Å². The van der Waals surface area contributed by atoms with Crippen molar-refractivity contribution in [3.05, 3.63) is 70.5 Å². The van der Waals surface area contributed by atoms with Crippen LogP contribution in [0.15, 0.2) is 42.5 Å². The van der Waals surface area contributed by atoms with Gasteiger partial charge in [-0.05, 0) is 42.4 Å². The summed E-state index contributed by atoms with van der Waals surface area (Å²) in [5, 5.41) is 10.5. The summed E-state index contributed by atoms with van der Waals surface area (Å²) in [4.78, 5) is 0. The van der Waals surface area contributed by atoms with Crippen LogP contribution in [0.3, 0.4) is 0 Å². The highest BCUT2D eigenvalue weighted by Crippen LogP contribution is 2.37. The Hall–Kier alpha value is -1.67. The summed E-state index contributed by atoms with van der Waals surface area (Å²) >= 11 is 0. The second-order valence-electron chi connectivity index (χ2n) is 5.68. The van der Waals surface area contributed by atoms with Gasteiger partial charge in [0, 0.05) is 5.56 Å². The third-order valence-corrected chi connectivity index (χ3v) is 4.32. The van der Waals surface area contributed by atoms with Gasteiger partial charge in [-0.2, -0.15) is 0 Å². The van der Waals surface area contributed by atoms with Crippen LogP contribution < -0.4 is 0 Å². The van der Waals surface area contributed by atoms with Crippen LogP contribution in [-0.2, 0) is 0 Å². The fourth-order valence-corrected chi connectivity index (χ4v) is 2.79. The summed E-state index contributed by atoms with van der Waals surface area (Å²) < 4.78 is 14.1. The lowest BCUT2D eigenvalue weighted by molar-refractivity contribution is 0.214. The van der Waals surface area contributed by atoms with Gasteiger partial charge in [0.2, 0.25) is 0 Å². The van der Waals surface area contributed by atoms with E-state index in [1.807, 2.05) is 18.2 Å². The minimum absolute atomic E-state index is 0.311. The lowest BCUT2D eigenvalue weighted by Gasteiger charge is -2.26. The van der Waals surface area contributed by atoms with E-state index in [1.165, 1.54) is 24.8 Å². The fourth-order valence-electron chi connectivity index (χ4n) is 2.79. The van der Waals surface area contributed by atoms with E-state index in [0.717, 1.165) is 5.56 Å². The highest BCUT2D eigenvalue weighted by Gasteiger charge is 2.21. The lowest BCUT2D eigenvalue weighted by atomic mass is 9.79.